The first-order chi connectivity index (χ1) is 10.7. The van der Waals surface area contributed by atoms with Gasteiger partial charge in [-0.1, -0.05) is 40.5 Å². The van der Waals surface area contributed by atoms with Crippen molar-refractivity contribution >= 4 is 6.09 Å². The normalized spacial score (nSPS) is 12.3. The molecule has 0 aromatic rings. The highest BCUT2D eigenvalue weighted by atomic mass is 16.5. The number of amides is 1. The number of rotatable bonds is 13. The van der Waals surface area contributed by atoms with E-state index < -0.39 is 0 Å². The molecular weight excluding hydrogens is 294 g/mol. The van der Waals surface area contributed by atoms with Gasteiger partial charge in [-0.25, -0.2) is 4.79 Å². The van der Waals surface area contributed by atoms with Crippen LogP contribution in [0.25, 0.3) is 0 Å². The number of aliphatic hydroxyl groups is 2. The molecule has 5 nitrogen and oxygen atoms in total. The van der Waals surface area contributed by atoms with Gasteiger partial charge < -0.3 is 20.3 Å². The van der Waals surface area contributed by atoms with Gasteiger partial charge >= 0.3 is 6.09 Å². The predicted octanol–water partition coefficient (Wildman–Crippen LogP) is 3.48. The summed E-state index contributed by atoms with van der Waals surface area (Å²) in [6.45, 7) is 9.64. The molecule has 0 saturated heterocycles. The topological polar surface area (TPSA) is 78.8 Å². The molecule has 5 heteroatoms. The van der Waals surface area contributed by atoms with Crippen LogP contribution in [0.4, 0.5) is 4.79 Å². The van der Waals surface area contributed by atoms with Crippen molar-refractivity contribution in [3.8, 4) is 0 Å². The first-order valence-corrected chi connectivity index (χ1v) is 8.85. The van der Waals surface area contributed by atoms with Gasteiger partial charge in [-0.3, -0.25) is 0 Å². The van der Waals surface area contributed by atoms with Crippen LogP contribution in [0.1, 0.15) is 72.6 Å². The molecule has 0 bridgehead atoms. The van der Waals surface area contributed by atoms with E-state index in [1.807, 2.05) is 13.8 Å². The van der Waals surface area contributed by atoms with E-state index in [2.05, 4.69) is 19.2 Å². The summed E-state index contributed by atoms with van der Waals surface area (Å²) in [5.74, 6) is 0. The van der Waals surface area contributed by atoms with Crippen molar-refractivity contribution in [2.75, 3.05) is 26.4 Å². The molecule has 0 aromatic heterocycles. The van der Waals surface area contributed by atoms with Crippen LogP contribution in [0.5, 0.6) is 0 Å². The lowest BCUT2D eigenvalue weighted by atomic mass is 9.88. The molecule has 0 aliphatic carbocycles. The van der Waals surface area contributed by atoms with Gasteiger partial charge in [-0.2, -0.15) is 0 Å². The molecule has 1 amide bonds. The third-order valence-corrected chi connectivity index (χ3v) is 4.14. The fourth-order valence-corrected chi connectivity index (χ4v) is 2.18. The molecule has 0 rings (SSSR count). The highest BCUT2D eigenvalue weighted by molar-refractivity contribution is 5.66. The van der Waals surface area contributed by atoms with Gasteiger partial charge in [-0.05, 0) is 42.9 Å². The van der Waals surface area contributed by atoms with Crippen molar-refractivity contribution < 1.29 is 19.7 Å². The Kier molecular flexibility index (Phi) is 11.3. The Morgan fingerprint density at radius 3 is 1.91 bits per heavy atom. The number of hydrogen-bond acceptors (Lipinski definition) is 4. The zero-order valence-electron chi connectivity index (χ0n) is 15.5. The van der Waals surface area contributed by atoms with Gasteiger partial charge in [0.05, 0.1) is 6.61 Å². The van der Waals surface area contributed by atoms with Crippen LogP contribution in [-0.2, 0) is 4.74 Å². The second-order valence-electron chi connectivity index (χ2n) is 7.98. The van der Waals surface area contributed by atoms with Crippen molar-refractivity contribution in [2.45, 2.75) is 72.6 Å². The average Bonchev–Trinajstić information content (AvgIpc) is 2.50. The maximum absolute atomic E-state index is 11.5. The number of carbonyl (C=O) groups excluding carboxylic acids is 1. The van der Waals surface area contributed by atoms with Gasteiger partial charge in [0.2, 0.25) is 0 Å². The summed E-state index contributed by atoms with van der Waals surface area (Å²) in [5.41, 5.74) is -0.0518. The Morgan fingerprint density at radius 1 is 0.870 bits per heavy atom. The summed E-state index contributed by atoms with van der Waals surface area (Å²) < 4.78 is 5.12. The summed E-state index contributed by atoms with van der Waals surface area (Å²) >= 11 is 0. The Bertz CT molecular complexity index is 316. The molecule has 0 radical (unpaired) electrons. The van der Waals surface area contributed by atoms with Gasteiger partial charge in [-0.15, -0.1) is 0 Å². The number of aliphatic hydroxyl groups excluding tert-OH is 2. The quantitative estimate of drug-likeness (QED) is 0.451. The number of alkyl carbamates (subject to hydrolysis) is 1. The van der Waals surface area contributed by atoms with Crippen LogP contribution >= 0.6 is 0 Å². The SMILES string of the molecule is CC(C)(CO)CCCCCNC(=O)OCCCCC(C)(C)CO. The molecule has 0 fully saturated rings. The van der Waals surface area contributed by atoms with Crippen LogP contribution in [0.15, 0.2) is 0 Å². The van der Waals surface area contributed by atoms with E-state index in [1.165, 1.54) is 0 Å². The van der Waals surface area contributed by atoms with Gasteiger partial charge in [0.25, 0.3) is 0 Å². The highest BCUT2D eigenvalue weighted by Gasteiger charge is 2.16. The van der Waals surface area contributed by atoms with E-state index in [0.29, 0.717) is 13.2 Å². The molecule has 138 valence electrons. The molecule has 0 spiro atoms. The van der Waals surface area contributed by atoms with E-state index in [0.717, 1.165) is 44.9 Å². The summed E-state index contributed by atoms with van der Waals surface area (Å²) in [4.78, 5) is 11.5. The Labute approximate surface area is 141 Å². The van der Waals surface area contributed by atoms with Crippen LogP contribution in [0.3, 0.4) is 0 Å². The van der Waals surface area contributed by atoms with Crippen molar-refractivity contribution in [3.63, 3.8) is 0 Å². The average molecular weight is 331 g/mol. The lowest BCUT2D eigenvalue weighted by molar-refractivity contribution is 0.130. The predicted molar refractivity (Wildman–Crippen MR) is 93.4 cm³/mol. The van der Waals surface area contributed by atoms with Gasteiger partial charge in [0.1, 0.15) is 0 Å². The minimum atomic E-state index is -0.345. The van der Waals surface area contributed by atoms with Crippen molar-refractivity contribution in [3.05, 3.63) is 0 Å². The van der Waals surface area contributed by atoms with Crippen molar-refractivity contribution in [1.29, 1.82) is 0 Å². The van der Waals surface area contributed by atoms with E-state index >= 15 is 0 Å². The van der Waals surface area contributed by atoms with Crippen LogP contribution < -0.4 is 5.32 Å². The van der Waals surface area contributed by atoms with E-state index in [-0.39, 0.29) is 30.1 Å². The standard InChI is InChI=1S/C18H37NO4/c1-17(2,14-20)10-6-5-8-12-19-16(22)23-13-9-7-11-18(3,4)15-21/h20-21H,5-15H2,1-4H3,(H,19,22). The molecule has 23 heavy (non-hydrogen) atoms. The number of ether oxygens (including phenoxy) is 1. The molecule has 0 heterocycles. The number of unbranched alkanes of at least 4 members (excludes halogenated alkanes) is 3. The second-order valence-corrected chi connectivity index (χ2v) is 7.98. The molecule has 0 aliphatic rings. The number of carbonyl (C=O) groups is 1. The highest BCUT2D eigenvalue weighted by Crippen LogP contribution is 2.22. The summed E-state index contributed by atoms with van der Waals surface area (Å²) in [7, 11) is 0. The first kappa shape index (κ1) is 22.2. The van der Waals surface area contributed by atoms with Crippen LogP contribution in [0.2, 0.25) is 0 Å². The molecule has 0 aromatic carbocycles. The van der Waals surface area contributed by atoms with Crippen molar-refractivity contribution in [1.82, 2.24) is 5.32 Å². The van der Waals surface area contributed by atoms with E-state index in [9.17, 15) is 4.79 Å². The minimum Gasteiger partial charge on any atom is -0.450 e. The number of hydrogen-bond donors (Lipinski definition) is 3. The summed E-state index contributed by atoms with van der Waals surface area (Å²) in [6.07, 6.45) is 6.39. The van der Waals surface area contributed by atoms with E-state index in [4.69, 9.17) is 14.9 Å². The van der Waals surface area contributed by atoms with Crippen molar-refractivity contribution in [2.24, 2.45) is 10.8 Å². The molecule has 0 atom stereocenters. The zero-order chi connectivity index (χ0) is 17.8. The lowest BCUT2D eigenvalue weighted by Gasteiger charge is -2.21. The monoisotopic (exact) mass is 331 g/mol. The summed E-state index contributed by atoms with van der Waals surface area (Å²) in [5, 5.41) is 21.1. The Balaban J connectivity index is 3.45. The lowest BCUT2D eigenvalue weighted by Crippen LogP contribution is -2.26. The molecular formula is C18H37NO4. The van der Waals surface area contributed by atoms with Gasteiger partial charge in [0, 0.05) is 19.8 Å². The largest absolute Gasteiger partial charge is 0.450 e. The summed E-state index contributed by atoms with van der Waals surface area (Å²) in [6, 6.07) is 0. The minimum absolute atomic E-state index is 0.00303. The smallest absolute Gasteiger partial charge is 0.407 e. The maximum atomic E-state index is 11.5. The maximum Gasteiger partial charge on any atom is 0.407 e. The number of nitrogens with one attached hydrogen (secondary N) is 1. The molecule has 0 saturated carbocycles. The third-order valence-electron chi connectivity index (χ3n) is 4.14. The molecule has 0 unspecified atom stereocenters. The fraction of sp³-hybridized carbons (Fsp3) is 0.944. The third kappa shape index (κ3) is 13.3. The zero-order valence-corrected chi connectivity index (χ0v) is 15.5. The van der Waals surface area contributed by atoms with E-state index in [1.54, 1.807) is 0 Å². The second kappa shape index (κ2) is 11.7. The van der Waals surface area contributed by atoms with Crippen LogP contribution in [0, 0.1) is 10.8 Å². The molecule has 3 N–H and O–H groups in total. The molecule has 0 aliphatic heterocycles. The van der Waals surface area contributed by atoms with Crippen LogP contribution in [-0.4, -0.2) is 42.7 Å². The Morgan fingerprint density at radius 2 is 1.39 bits per heavy atom. The first-order valence-electron chi connectivity index (χ1n) is 8.85. The Hall–Kier alpha value is -0.810. The van der Waals surface area contributed by atoms with Gasteiger partial charge in [0.15, 0.2) is 0 Å². The fourth-order valence-electron chi connectivity index (χ4n) is 2.18.